The molecule has 0 aliphatic heterocycles. The van der Waals surface area contributed by atoms with Crippen molar-refractivity contribution in [3.8, 4) is 0 Å². The molecule has 190 valence electrons. The molecule has 1 aromatic heterocycles. The number of pyridine rings is 1. The average molecular weight is 518 g/mol. The minimum Gasteiger partial charge on any atom is -0.431 e. The van der Waals surface area contributed by atoms with Gasteiger partial charge in [0.2, 0.25) is 8.87 Å². The van der Waals surface area contributed by atoms with Crippen molar-refractivity contribution < 1.29 is 22.7 Å². The molecule has 0 aromatic carbocycles. The highest BCUT2D eigenvalue weighted by molar-refractivity contribution is 8.71. The number of hydrogen-bond donors (Lipinski definition) is 0. The van der Waals surface area contributed by atoms with Crippen molar-refractivity contribution in [1.82, 2.24) is 4.98 Å². The number of carbonyl (C=O) groups is 1. The van der Waals surface area contributed by atoms with E-state index in [1.165, 1.54) is 29.6 Å². The molecule has 1 heterocycles. The summed E-state index contributed by atoms with van der Waals surface area (Å²) in [6.07, 6.45) is 16.1. The number of fused-ring (bicyclic) bond motifs is 5. The number of aromatic nitrogens is 1. The zero-order valence-corrected chi connectivity index (χ0v) is 22.4. The van der Waals surface area contributed by atoms with E-state index in [4.69, 9.17) is 9.47 Å². The topological polar surface area (TPSA) is 82.6 Å². The molecule has 8 heteroatoms. The molecule has 0 amide bonds. The number of nitrogens with zero attached hydrogens (tertiary/aromatic N) is 1. The molecule has 5 rings (SSSR count). The highest BCUT2D eigenvalue weighted by Crippen LogP contribution is 2.66. The first-order valence-electron chi connectivity index (χ1n) is 12.6. The van der Waals surface area contributed by atoms with E-state index in [-0.39, 0.29) is 22.9 Å². The molecule has 2 fully saturated rings. The Labute approximate surface area is 212 Å². The van der Waals surface area contributed by atoms with E-state index in [9.17, 15) is 13.2 Å². The highest BCUT2D eigenvalue weighted by atomic mass is 33.1. The molecular formula is C27H35NO5S2. The van der Waals surface area contributed by atoms with Gasteiger partial charge < -0.3 is 9.47 Å². The van der Waals surface area contributed by atoms with Crippen LogP contribution in [0.1, 0.15) is 64.4 Å². The molecule has 0 spiro atoms. The van der Waals surface area contributed by atoms with Crippen LogP contribution in [-0.2, 0) is 18.3 Å². The second-order valence-corrected chi connectivity index (χ2v) is 15.5. The van der Waals surface area contributed by atoms with Crippen LogP contribution in [0.3, 0.4) is 0 Å². The third kappa shape index (κ3) is 4.68. The van der Waals surface area contributed by atoms with E-state index in [0.29, 0.717) is 28.5 Å². The Kier molecular flexibility index (Phi) is 6.58. The average Bonchev–Trinajstić information content (AvgIpc) is 3.16. The maximum absolute atomic E-state index is 12.1. The summed E-state index contributed by atoms with van der Waals surface area (Å²) in [5.74, 6) is 1.73. The first kappa shape index (κ1) is 24.9. The summed E-state index contributed by atoms with van der Waals surface area (Å²) in [6, 6.07) is 4.24. The van der Waals surface area contributed by atoms with Gasteiger partial charge in [0.1, 0.15) is 6.10 Å². The normalized spacial score (nSPS) is 36.2. The predicted molar refractivity (Wildman–Crippen MR) is 138 cm³/mol. The highest BCUT2D eigenvalue weighted by Gasteiger charge is 2.57. The summed E-state index contributed by atoms with van der Waals surface area (Å²) in [5, 5.41) is 0. The third-order valence-electron chi connectivity index (χ3n) is 9.31. The van der Waals surface area contributed by atoms with Gasteiger partial charge in [-0.1, -0.05) is 37.6 Å². The number of ether oxygens (including phenoxy) is 2. The van der Waals surface area contributed by atoms with Crippen molar-refractivity contribution in [3.63, 3.8) is 0 Å². The minimum absolute atomic E-state index is 0.150. The van der Waals surface area contributed by atoms with Crippen LogP contribution in [0.15, 0.2) is 42.3 Å². The first-order valence-corrected chi connectivity index (χ1v) is 16.0. The molecule has 0 radical (unpaired) electrons. The Balaban J connectivity index is 1.26. The van der Waals surface area contributed by atoms with Gasteiger partial charge in [-0.2, -0.15) is 0 Å². The molecule has 2 unspecified atom stereocenters. The summed E-state index contributed by atoms with van der Waals surface area (Å²) in [4.78, 5) is 16.5. The molecule has 0 bridgehead atoms. The Bertz CT molecular complexity index is 1150. The summed E-state index contributed by atoms with van der Waals surface area (Å²) in [6.45, 7) is 4.90. The largest absolute Gasteiger partial charge is 0.509 e. The van der Waals surface area contributed by atoms with Gasteiger partial charge in [-0.05, 0) is 84.3 Å². The summed E-state index contributed by atoms with van der Waals surface area (Å²) in [7, 11) is -2.66. The van der Waals surface area contributed by atoms with Crippen LogP contribution in [0.2, 0.25) is 0 Å². The van der Waals surface area contributed by atoms with Gasteiger partial charge in [0.05, 0.1) is 0 Å². The maximum Gasteiger partial charge on any atom is 0.509 e. The van der Waals surface area contributed by atoms with Gasteiger partial charge in [-0.3, -0.25) is 4.98 Å². The van der Waals surface area contributed by atoms with Crippen molar-refractivity contribution in [2.45, 2.75) is 64.9 Å². The van der Waals surface area contributed by atoms with Gasteiger partial charge >= 0.3 is 6.16 Å². The maximum atomic E-state index is 12.1. The fourth-order valence-electron chi connectivity index (χ4n) is 7.59. The van der Waals surface area contributed by atoms with E-state index in [1.54, 1.807) is 0 Å². The summed E-state index contributed by atoms with van der Waals surface area (Å²) >= 11 is 0. The molecule has 6 atom stereocenters. The molecule has 2 saturated carbocycles. The Morgan fingerprint density at radius 2 is 1.94 bits per heavy atom. The standard InChI is InChI=1S/C27H35NO5S2/c1-26-12-10-20(33-25(29)32-17-34-35(3,30)31)15-19(26)6-7-21-23-9-8-22(18-5-4-14-28-16-18)27(23,2)13-11-24(21)26/h4-6,8,14,16,20-21,23-24H,7,9-13,15,17H2,1-3H3/t20-,21-,23?,24?,26-,27+/m0/s1. The smallest absolute Gasteiger partial charge is 0.431 e. The molecule has 35 heavy (non-hydrogen) atoms. The molecular weight excluding hydrogens is 482 g/mol. The van der Waals surface area contributed by atoms with Crippen molar-refractivity contribution in [3.05, 3.63) is 47.8 Å². The Morgan fingerprint density at radius 1 is 1.14 bits per heavy atom. The molecule has 6 nitrogen and oxygen atoms in total. The summed E-state index contributed by atoms with van der Waals surface area (Å²) < 4.78 is 32.9. The van der Waals surface area contributed by atoms with Crippen molar-refractivity contribution in [2.75, 3.05) is 12.2 Å². The number of carbonyl (C=O) groups excluding carboxylic acids is 1. The fourth-order valence-corrected chi connectivity index (χ4v) is 8.58. The molecule has 1 aromatic rings. The fraction of sp³-hybridized carbons (Fsp3) is 0.630. The third-order valence-corrected chi connectivity index (χ3v) is 11.5. The van der Waals surface area contributed by atoms with E-state index in [0.717, 1.165) is 38.4 Å². The molecule has 4 aliphatic rings. The van der Waals surface area contributed by atoms with Crippen LogP contribution in [0.5, 0.6) is 0 Å². The Hall–Kier alpha value is -1.80. The first-order chi connectivity index (χ1) is 16.6. The van der Waals surface area contributed by atoms with E-state index >= 15 is 0 Å². The van der Waals surface area contributed by atoms with Crippen LogP contribution in [0.25, 0.3) is 5.57 Å². The van der Waals surface area contributed by atoms with Crippen molar-refractivity contribution >= 4 is 31.4 Å². The van der Waals surface area contributed by atoms with Gasteiger partial charge in [0, 0.05) is 35.9 Å². The number of rotatable bonds is 5. The monoisotopic (exact) mass is 517 g/mol. The lowest BCUT2D eigenvalue weighted by Gasteiger charge is -2.57. The lowest BCUT2D eigenvalue weighted by Crippen LogP contribution is -2.50. The predicted octanol–water partition coefficient (Wildman–Crippen LogP) is 6.21. The van der Waals surface area contributed by atoms with Gasteiger partial charge in [0.25, 0.3) is 0 Å². The van der Waals surface area contributed by atoms with E-state index < -0.39 is 15.0 Å². The van der Waals surface area contributed by atoms with Crippen LogP contribution in [0.4, 0.5) is 4.79 Å². The van der Waals surface area contributed by atoms with Crippen LogP contribution >= 0.6 is 10.8 Å². The Morgan fingerprint density at radius 3 is 2.69 bits per heavy atom. The number of allylic oxidation sites excluding steroid dienone is 3. The molecule has 4 aliphatic carbocycles. The minimum atomic E-state index is -3.25. The second-order valence-electron chi connectivity index (χ2n) is 11.1. The zero-order chi connectivity index (χ0) is 24.8. The van der Waals surface area contributed by atoms with Gasteiger partial charge in [-0.15, -0.1) is 0 Å². The van der Waals surface area contributed by atoms with Gasteiger partial charge in [0.15, 0.2) is 5.94 Å². The zero-order valence-electron chi connectivity index (χ0n) is 20.7. The lowest BCUT2D eigenvalue weighted by molar-refractivity contribution is -0.0340. The lowest BCUT2D eigenvalue weighted by atomic mass is 9.47. The SMILES string of the molecule is C[C@]12CC[C@H](OC(=O)OCSS(C)(=O)=O)CC1=CC[C@@H]1C2CC[C@]2(C)C(c3cccnc3)=CCC12. The van der Waals surface area contributed by atoms with E-state index in [1.807, 2.05) is 18.5 Å². The van der Waals surface area contributed by atoms with Crippen molar-refractivity contribution in [1.29, 1.82) is 0 Å². The molecule has 0 saturated heterocycles. The van der Waals surface area contributed by atoms with Crippen molar-refractivity contribution in [2.24, 2.45) is 28.6 Å². The quantitative estimate of drug-likeness (QED) is 0.199. The van der Waals surface area contributed by atoms with Gasteiger partial charge in [-0.25, -0.2) is 13.2 Å². The molecule has 0 N–H and O–H groups in total. The van der Waals surface area contributed by atoms with Crippen LogP contribution in [-0.4, -0.2) is 37.9 Å². The number of hydrogen-bond acceptors (Lipinski definition) is 7. The summed E-state index contributed by atoms with van der Waals surface area (Å²) in [5.41, 5.74) is 4.54. The van der Waals surface area contributed by atoms with E-state index in [2.05, 4.69) is 37.0 Å². The van der Waals surface area contributed by atoms with Crippen LogP contribution in [0, 0.1) is 28.6 Å². The van der Waals surface area contributed by atoms with Crippen LogP contribution < -0.4 is 0 Å². The second kappa shape index (κ2) is 9.25.